The quantitative estimate of drug-likeness (QED) is 0.565. The molecule has 0 amide bonds. The number of rotatable bonds is 4. The van der Waals surface area contributed by atoms with E-state index in [0.29, 0.717) is 5.92 Å². The Bertz CT molecular complexity index is 268. The molecule has 0 saturated carbocycles. The van der Waals surface area contributed by atoms with Crippen molar-refractivity contribution < 1.29 is 0 Å². The van der Waals surface area contributed by atoms with E-state index in [4.69, 9.17) is 0 Å². The van der Waals surface area contributed by atoms with Crippen LogP contribution >= 0.6 is 0 Å². The molecule has 0 bridgehead atoms. The van der Waals surface area contributed by atoms with Crippen LogP contribution in [0.2, 0.25) is 0 Å². The maximum absolute atomic E-state index is 3.96. The number of hydrogen-bond acceptors (Lipinski definition) is 0. The van der Waals surface area contributed by atoms with Gasteiger partial charge in [0.2, 0.25) is 0 Å². The summed E-state index contributed by atoms with van der Waals surface area (Å²) in [5.41, 5.74) is 3.63. The molecule has 0 aromatic heterocycles. The van der Waals surface area contributed by atoms with Crippen molar-refractivity contribution in [2.75, 3.05) is 0 Å². The van der Waals surface area contributed by atoms with Crippen LogP contribution in [0.5, 0.6) is 0 Å². The number of allylic oxidation sites excluding steroid dienone is 7. The van der Waals surface area contributed by atoms with Gasteiger partial charge in [0.25, 0.3) is 0 Å². The molecule has 0 rings (SSSR count). The second-order valence-corrected chi connectivity index (χ2v) is 4.25. The Morgan fingerprint density at radius 2 is 1.64 bits per heavy atom. The maximum Gasteiger partial charge on any atom is -0.0236 e. The van der Waals surface area contributed by atoms with Gasteiger partial charge in [-0.05, 0) is 32.3 Å². The normalized spacial score (nSPS) is 12.3. The van der Waals surface area contributed by atoms with Crippen molar-refractivity contribution in [3.8, 4) is 0 Å². The van der Waals surface area contributed by atoms with Crippen LogP contribution in [0, 0.1) is 5.92 Å². The molecule has 14 heavy (non-hydrogen) atoms. The van der Waals surface area contributed by atoms with E-state index in [2.05, 4.69) is 58.6 Å². The third-order valence-corrected chi connectivity index (χ3v) is 1.75. The van der Waals surface area contributed by atoms with Crippen LogP contribution in [0.3, 0.4) is 0 Å². The molecular weight excluding hydrogens is 168 g/mol. The Morgan fingerprint density at radius 1 is 1.07 bits per heavy atom. The Morgan fingerprint density at radius 3 is 2.00 bits per heavy atom. The van der Waals surface area contributed by atoms with Crippen molar-refractivity contribution in [2.45, 2.75) is 34.6 Å². The topological polar surface area (TPSA) is 0 Å². The van der Waals surface area contributed by atoms with Crippen LogP contribution in [-0.2, 0) is 0 Å². The predicted molar refractivity (Wildman–Crippen MR) is 66.3 cm³/mol. The Kier molecular flexibility index (Phi) is 5.94. The molecule has 0 fully saturated rings. The fraction of sp³-hybridized carbons (Fsp3) is 0.429. The summed E-state index contributed by atoms with van der Waals surface area (Å²) in [5, 5.41) is 0. The minimum atomic E-state index is 0.587. The van der Waals surface area contributed by atoms with Gasteiger partial charge in [-0.25, -0.2) is 0 Å². The molecule has 0 N–H and O–H groups in total. The summed E-state index contributed by atoms with van der Waals surface area (Å²) >= 11 is 0. The molecule has 0 nitrogen and oxygen atoms in total. The van der Waals surface area contributed by atoms with Crippen LogP contribution in [0.1, 0.15) is 34.6 Å². The van der Waals surface area contributed by atoms with Gasteiger partial charge in [0, 0.05) is 0 Å². The van der Waals surface area contributed by atoms with Crippen LogP contribution < -0.4 is 0 Å². The van der Waals surface area contributed by atoms with E-state index in [-0.39, 0.29) is 0 Å². The highest BCUT2D eigenvalue weighted by atomic mass is 14.0. The zero-order valence-corrected chi connectivity index (χ0v) is 10.1. The first-order valence-corrected chi connectivity index (χ1v) is 5.12. The van der Waals surface area contributed by atoms with Gasteiger partial charge in [0.15, 0.2) is 0 Å². The zero-order chi connectivity index (χ0) is 11.1. The van der Waals surface area contributed by atoms with Gasteiger partial charge in [-0.3, -0.25) is 0 Å². The van der Waals surface area contributed by atoms with Crippen molar-refractivity contribution in [1.82, 2.24) is 0 Å². The summed E-state index contributed by atoms with van der Waals surface area (Å²) in [5.74, 6) is 0.587. The Hall–Kier alpha value is -1.04. The summed E-state index contributed by atoms with van der Waals surface area (Å²) in [6.45, 7) is 14.5. The van der Waals surface area contributed by atoms with Crippen molar-refractivity contribution in [2.24, 2.45) is 5.92 Å². The van der Waals surface area contributed by atoms with Crippen LogP contribution in [0.15, 0.2) is 47.6 Å². The second kappa shape index (κ2) is 6.42. The molecule has 0 aliphatic rings. The highest BCUT2D eigenvalue weighted by molar-refractivity contribution is 5.39. The highest BCUT2D eigenvalue weighted by Gasteiger charge is 1.92. The first-order valence-electron chi connectivity index (χ1n) is 5.12. The minimum Gasteiger partial charge on any atom is -0.0955 e. The van der Waals surface area contributed by atoms with Crippen molar-refractivity contribution in [3.63, 3.8) is 0 Å². The molecule has 0 aliphatic carbocycles. The van der Waals surface area contributed by atoms with E-state index in [1.165, 1.54) is 11.1 Å². The first kappa shape index (κ1) is 13.0. The van der Waals surface area contributed by atoms with E-state index in [1.54, 1.807) is 0 Å². The minimum absolute atomic E-state index is 0.587. The van der Waals surface area contributed by atoms with Gasteiger partial charge in [0.1, 0.15) is 0 Å². The summed E-state index contributed by atoms with van der Waals surface area (Å²) < 4.78 is 0. The fourth-order valence-electron chi connectivity index (χ4n) is 0.893. The second-order valence-electron chi connectivity index (χ2n) is 4.25. The molecular formula is C14H22. The average molecular weight is 190 g/mol. The van der Waals surface area contributed by atoms with E-state index >= 15 is 0 Å². The molecule has 0 heterocycles. The van der Waals surface area contributed by atoms with Crippen LogP contribution in [0.25, 0.3) is 0 Å². The molecule has 0 saturated heterocycles. The van der Waals surface area contributed by atoms with Gasteiger partial charge in [0.05, 0.1) is 0 Å². The Balaban J connectivity index is 4.70. The summed E-state index contributed by atoms with van der Waals surface area (Å²) in [7, 11) is 0. The van der Waals surface area contributed by atoms with E-state index in [1.807, 2.05) is 6.92 Å². The lowest BCUT2D eigenvalue weighted by Crippen LogP contribution is -1.82. The summed E-state index contributed by atoms with van der Waals surface area (Å²) in [6, 6.07) is 0. The molecule has 0 aliphatic heterocycles. The summed E-state index contributed by atoms with van der Waals surface area (Å²) in [4.78, 5) is 0. The largest absolute Gasteiger partial charge is 0.0955 e. The van der Waals surface area contributed by atoms with Crippen LogP contribution in [-0.4, -0.2) is 0 Å². The van der Waals surface area contributed by atoms with E-state index in [0.717, 1.165) is 5.57 Å². The van der Waals surface area contributed by atoms with Gasteiger partial charge in [-0.2, -0.15) is 0 Å². The molecule has 0 spiro atoms. The monoisotopic (exact) mass is 190 g/mol. The standard InChI is InChI=1S/C14H22/c1-11(2)7-9-14(13(5)6)10-8-12(3)4/h7-11H,5H2,1-4,6H3/b9-7-,14-10-. The van der Waals surface area contributed by atoms with Gasteiger partial charge >= 0.3 is 0 Å². The molecule has 0 unspecified atom stereocenters. The molecule has 0 aromatic carbocycles. The van der Waals surface area contributed by atoms with Crippen LogP contribution in [0.4, 0.5) is 0 Å². The van der Waals surface area contributed by atoms with Crippen molar-refractivity contribution in [1.29, 1.82) is 0 Å². The molecule has 0 atom stereocenters. The van der Waals surface area contributed by atoms with Crippen molar-refractivity contribution in [3.05, 3.63) is 47.6 Å². The highest BCUT2D eigenvalue weighted by Crippen LogP contribution is 2.11. The number of hydrogen-bond donors (Lipinski definition) is 0. The maximum atomic E-state index is 3.96. The summed E-state index contributed by atoms with van der Waals surface area (Å²) in [6.07, 6.45) is 8.58. The lowest BCUT2D eigenvalue weighted by molar-refractivity contribution is 0.831. The third kappa shape index (κ3) is 6.47. The van der Waals surface area contributed by atoms with Gasteiger partial charge < -0.3 is 0 Å². The Labute approximate surface area is 88.7 Å². The first-order chi connectivity index (χ1) is 6.43. The van der Waals surface area contributed by atoms with E-state index in [9.17, 15) is 0 Å². The van der Waals surface area contributed by atoms with Gasteiger partial charge in [-0.15, -0.1) is 0 Å². The SMILES string of the molecule is C=C(C)C(/C=C\C(C)C)=C\C=C(C)C. The smallest absolute Gasteiger partial charge is 0.0236 e. The molecule has 0 heteroatoms. The lowest BCUT2D eigenvalue weighted by atomic mass is 10.1. The fourth-order valence-corrected chi connectivity index (χ4v) is 0.893. The molecule has 0 radical (unpaired) electrons. The molecule has 78 valence electrons. The predicted octanol–water partition coefficient (Wildman–Crippen LogP) is 4.67. The average Bonchev–Trinajstić information content (AvgIpc) is 2.02. The van der Waals surface area contributed by atoms with Gasteiger partial charge in [-0.1, -0.05) is 55.9 Å². The molecule has 0 aromatic rings. The van der Waals surface area contributed by atoms with Crippen molar-refractivity contribution >= 4 is 0 Å². The zero-order valence-electron chi connectivity index (χ0n) is 10.1. The lowest BCUT2D eigenvalue weighted by Gasteiger charge is -2.00. The third-order valence-electron chi connectivity index (χ3n) is 1.75. The van der Waals surface area contributed by atoms with E-state index < -0.39 is 0 Å².